The summed E-state index contributed by atoms with van der Waals surface area (Å²) in [6, 6.07) is 5.47. The Labute approximate surface area is 146 Å². The summed E-state index contributed by atoms with van der Waals surface area (Å²) in [6.07, 6.45) is 7.49. The summed E-state index contributed by atoms with van der Waals surface area (Å²) < 4.78 is 1.59. The predicted molar refractivity (Wildman–Crippen MR) is 92.0 cm³/mol. The maximum absolute atomic E-state index is 13.1. The Morgan fingerprint density at radius 1 is 1.20 bits per heavy atom. The molecule has 1 atom stereocenters. The number of hydrogen-bond acceptors (Lipinski definition) is 4. The van der Waals surface area contributed by atoms with Gasteiger partial charge in [-0.25, -0.2) is 0 Å². The topological polar surface area (TPSA) is 71.3 Å². The van der Waals surface area contributed by atoms with Gasteiger partial charge in [0.2, 0.25) is 5.91 Å². The average molecular weight is 339 g/mol. The molecule has 0 unspecified atom stereocenters. The van der Waals surface area contributed by atoms with Gasteiger partial charge in [-0.2, -0.15) is 5.10 Å². The number of nitrogens with zero attached hydrogens (tertiary/aromatic N) is 5. The van der Waals surface area contributed by atoms with Gasteiger partial charge >= 0.3 is 0 Å². The Bertz CT molecular complexity index is 803. The monoisotopic (exact) mass is 339 g/mol. The number of aryl methyl sites for hydroxylation is 1. The van der Waals surface area contributed by atoms with Crippen molar-refractivity contribution in [2.24, 2.45) is 12.5 Å². The van der Waals surface area contributed by atoms with Gasteiger partial charge in [0.15, 0.2) is 0 Å². The summed E-state index contributed by atoms with van der Waals surface area (Å²) in [5.41, 5.74) is 0.925. The zero-order valence-corrected chi connectivity index (χ0v) is 14.3. The third-order valence-corrected chi connectivity index (χ3v) is 5.37. The van der Waals surface area contributed by atoms with Crippen molar-refractivity contribution < 1.29 is 9.59 Å². The molecule has 2 aliphatic rings. The van der Waals surface area contributed by atoms with Gasteiger partial charge in [-0.15, -0.1) is 0 Å². The van der Waals surface area contributed by atoms with Crippen molar-refractivity contribution in [3.8, 4) is 0 Å². The van der Waals surface area contributed by atoms with Gasteiger partial charge in [0, 0.05) is 39.1 Å². The van der Waals surface area contributed by atoms with E-state index in [1.807, 2.05) is 21.9 Å². The summed E-state index contributed by atoms with van der Waals surface area (Å²) in [5, 5.41) is 4.08. The van der Waals surface area contributed by atoms with E-state index >= 15 is 0 Å². The van der Waals surface area contributed by atoms with E-state index in [0.717, 1.165) is 24.9 Å². The minimum Gasteiger partial charge on any atom is -0.336 e. The summed E-state index contributed by atoms with van der Waals surface area (Å²) in [5.74, 6) is 0.0645. The number of rotatable bonds is 2. The fourth-order valence-corrected chi connectivity index (χ4v) is 4.01. The molecule has 2 amide bonds. The van der Waals surface area contributed by atoms with Crippen LogP contribution < -0.4 is 4.90 Å². The SMILES string of the molecule is Cn1nccc1C(=O)N1CCC[C@@]2(CCN(c3cccnc3)C2=O)C1. The summed E-state index contributed by atoms with van der Waals surface area (Å²) in [7, 11) is 1.76. The van der Waals surface area contributed by atoms with E-state index in [0.29, 0.717) is 25.3 Å². The largest absolute Gasteiger partial charge is 0.336 e. The van der Waals surface area contributed by atoms with Gasteiger partial charge in [-0.1, -0.05) is 0 Å². The van der Waals surface area contributed by atoms with Crippen molar-refractivity contribution in [3.63, 3.8) is 0 Å². The van der Waals surface area contributed by atoms with Crippen molar-refractivity contribution in [3.05, 3.63) is 42.5 Å². The van der Waals surface area contributed by atoms with Gasteiger partial charge in [0.25, 0.3) is 5.91 Å². The number of carbonyl (C=O) groups is 2. The second-order valence-corrected chi connectivity index (χ2v) is 6.87. The van der Waals surface area contributed by atoms with Crippen LogP contribution in [0.15, 0.2) is 36.8 Å². The van der Waals surface area contributed by atoms with Gasteiger partial charge in [-0.3, -0.25) is 19.3 Å². The molecule has 0 N–H and O–H groups in total. The highest BCUT2D eigenvalue weighted by molar-refractivity contribution is 6.01. The predicted octanol–water partition coefficient (Wildman–Crippen LogP) is 1.47. The molecular weight excluding hydrogens is 318 g/mol. The van der Waals surface area contributed by atoms with Gasteiger partial charge in [0.05, 0.1) is 17.3 Å². The Morgan fingerprint density at radius 2 is 2.08 bits per heavy atom. The van der Waals surface area contributed by atoms with E-state index in [-0.39, 0.29) is 11.8 Å². The number of anilines is 1. The van der Waals surface area contributed by atoms with Crippen LogP contribution in [0, 0.1) is 5.41 Å². The first-order valence-corrected chi connectivity index (χ1v) is 8.60. The third-order valence-electron chi connectivity index (χ3n) is 5.37. The Hall–Kier alpha value is -2.70. The third kappa shape index (κ3) is 2.59. The fourth-order valence-electron chi connectivity index (χ4n) is 4.01. The molecule has 0 aromatic carbocycles. The average Bonchev–Trinajstić information content (AvgIpc) is 3.20. The number of likely N-dealkylation sites (tertiary alicyclic amines) is 1. The highest BCUT2D eigenvalue weighted by atomic mass is 16.2. The van der Waals surface area contributed by atoms with E-state index in [9.17, 15) is 9.59 Å². The molecular formula is C18H21N5O2. The van der Waals surface area contributed by atoms with Gasteiger partial charge in [0.1, 0.15) is 5.69 Å². The molecule has 0 radical (unpaired) electrons. The first-order valence-electron chi connectivity index (χ1n) is 8.60. The normalized spacial score (nSPS) is 23.5. The molecule has 7 heteroatoms. The van der Waals surface area contributed by atoms with Crippen molar-refractivity contribution >= 4 is 17.5 Å². The van der Waals surface area contributed by atoms with Crippen LogP contribution in [-0.2, 0) is 11.8 Å². The number of piperidine rings is 1. The van der Waals surface area contributed by atoms with Crippen LogP contribution in [0.2, 0.25) is 0 Å². The Kier molecular flexibility index (Phi) is 3.78. The first kappa shape index (κ1) is 15.8. The Morgan fingerprint density at radius 3 is 2.80 bits per heavy atom. The molecule has 4 rings (SSSR count). The number of aromatic nitrogens is 3. The van der Waals surface area contributed by atoms with Crippen molar-refractivity contribution in [1.82, 2.24) is 19.7 Å². The number of amides is 2. The standard InChI is InChI=1S/C18H21N5O2/c1-21-15(5-9-20-21)16(24)22-10-3-6-18(13-22)7-11-23(17(18)25)14-4-2-8-19-12-14/h2,4-5,8-9,12H,3,6-7,10-11,13H2,1H3/t18-/m1/s1. The van der Waals surface area contributed by atoms with Gasteiger partial charge < -0.3 is 9.80 Å². The molecule has 2 aliphatic heterocycles. The smallest absolute Gasteiger partial charge is 0.272 e. The number of pyridine rings is 1. The van der Waals surface area contributed by atoms with E-state index in [1.165, 1.54) is 0 Å². The minimum absolute atomic E-state index is 0.0493. The molecule has 0 aliphatic carbocycles. The maximum Gasteiger partial charge on any atom is 0.272 e. The second-order valence-electron chi connectivity index (χ2n) is 6.87. The highest BCUT2D eigenvalue weighted by Gasteiger charge is 2.50. The lowest BCUT2D eigenvalue weighted by Gasteiger charge is -2.39. The molecule has 0 saturated carbocycles. The van der Waals surface area contributed by atoms with Crippen LogP contribution in [0.3, 0.4) is 0 Å². The lowest BCUT2D eigenvalue weighted by atomic mass is 9.78. The highest BCUT2D eigenvalue weighted by Crippen LogP contribution is 2.41. The van der Waals surface area contributed by atoms with Crippen LogP contribution in [-0.4, -0.2) is 51.1 Å². The lowest BCUT2D eigenvalue weighted by Crippen LogP contribution is -2.50. The van der Waals surface area contributed by atoms with E-state index < -0.39 is 5.41 Å². The molecule has 2 aromatic rings. The molecule has 1 spiro atoms. The van der Waals surface area contributed by atoms with Crippen LogP contribution in [0.5, 0.6) is 0 Å². The van der Waals surface area contributed by atoms with Crippen LogP contribution in [0.1, 0.15) is 29.8 Å². The summed E-state index contributed by atoms with van der Waals surface area (Å²) in [6.45, 7) is 1.84. The molecule has 7 nitrogen and oxygen atoms in total. The number of carbonyl (C=O) groups excluding carboxylic acids is 2. The van der Waals surface area contributed by atoms with Gasteiger partial charge in [-0.05, 0) is 37.5 Å². The molecule has 2 fully saturated rings. The van der Waals surface area contributed by atoms with Crippen molar-refractivity contribution in [1.29, 1.82) is 0 Å². The molecule has 130 valence electrons. The molecule has 2 saturated heterocycles. The second kappa shape index (κ2) is 5.98. The minimum atomic E-state index is -0.470. The zero-order valence-electron chi connectivity index (χ0n) is 14.3. The Balaban J connectivity index is 1.56. The van der Waals surface area contributed by atoms with Crippen LogP contribution >= 0.6 is 0 Å². The first-order chi connectivity index (χ1) is 12.1. The molecule has 4 heterocycles. The number of hydrogen-bond donors (Lipinski definition) is 0. The zero-order chi connectivity index (χ0) is 17.4. The van der Waals surface area contributed by atoms with Crippen molar-refractivity contribution in [2.75, 3.05) is 24.5 Å². The van der Waals surface area contributed by atoms with Crippen LogP contribution in [0.4, 0.5) is 5.69 Å². The summed E-state index contributed by atoms with van der Waals surface area (Å²) >= 11 is 0. The maximum atomic E-state index is 13.1. The van der Waals surface area contributed by atoms with E-state index in [2.05, 4.69) is 10.1 Å². The van der Waals surface area contributed by atoms with Crippen LogP contribution in [0.25, 0.3) is 0 Å². The summed E-state index contributed by atoms with van der Waals surface area (Å²) in [4.78, 5) is 33.7. The van der Waals surface area contributed by atoms with E-state index in [1.54, 1.807) is 36.4 Å². The lowest BCUT2D eigenvalue weighted by molar-refractivity contribution is -0.127. The van der Waals surface area contributed by atoms with Crippen molar-refractivity contribution in [2.45, 2.75) is 19.3 Å². The quantitative estimate of drug-likeness (QED) is 0.831. The molecule has 0 bridgehead atoms. The fraction of sp³-hybridized carbons (Fsp3) is 0.444. The molecule has 25 heavy (non-hydrogen) atoms. The molecule has 2 aromatic heterocycles. The van der Waals surface area contributed by atoms with E-state index in [4.69, 9.17) is 0 Å².